The SMILES string of the molecule is NC(=O)c1cccc2c(CNC(CN3CC(F)(F)C3)c3ccc(Cl)cc3)ncnc12. The number of primary amides is 1. The molecule has 1 aromatic heterocycles. The van der Waals surface area contributed by atoms with Crippen LogP contribution in [0.2, 0.25) is 5.02 Å². The van der Waals surface area contributed by atoms with E-state index in [-0.39, 0.29) is 19.1 Å². The quantitative estimate of drug-likeness (QED) is 0.600. The van der Waals surface area contributed by atoms with Gasteiger partial charge in [0.05, 0.1) is 29.9 Å². The number of carbonyl (C=O) groups excluding carboxylic acids is 1. The van der Waals surface area contributed by atoms with Crippen LogP contribution in [0.4, 0.5) is 8.78 Å². The Morgan fingerprint density at radius 1 is 1.20 bits per heavy atom. The lowest BCUT2D eigenvalue weighted by molar-refractivity contribution is -0.132. The minimum atomic E-state index is -2.63. The molecular formula is C21H20ClF2N5O. The fraction of sp³-hybridized carbons (Fsp3) is 0.286. The highest BCUT2D eigenvalue weighted by Gasteiger charge is 2.44. The predicted molar refractivity (Wildman–Crippen MR) is 110 cm³/mol. The zero-order chi connectivity index (χ0) is 21.3. The molecule has 1 aliphatic heterocycles. The molecule has 2 heterocycles. The number of benzene rings is 2. The number of halogens is 3. The number of aromatic nitrogens is 2. The van der Waals surface area contributed by atoms with Crippen LogP contribution in [0.3, 0.4) is 0 Å². The Kier molecular flexibility index (Phi) is 5.64. The lowest BCUT2D eigenvalue weighted by Crippen LogP contribution is -2.57. The number of fused-ring (bicyclic) bond motifs is 1. The normalized spacial score (nSPS) is 16.9. The van der Waals surface area contributed by atoms with E-state index in [1.165, 1.54) is 6.33 Å². The van der Waals surface area contributed by atoms with Crippen LogP contribution in [0.15, 0.2) is 48.8 Å². The molecule has 9 heteroatoms. The summed E-state index contributed by atoms with van der Waals surface area (Å²) in [5.41, 5.74) is 7.89. The monoisotopic (exact) mass is 431 g/mol. The van der Waals surface area contributed by atoms with Crippen LogP contribution < -0.4 is 11.1 Å². The summed E-state index contributed by atoms with van der Waals surface area (Å²) >= 11 is 5.99. The second-order valence-corrected chi connectivity index (χ2v) is 7.83. The molecule has 1 atom stereocenters. The number of hydrogen-bond acceptors (Lipinski definition) is 5. The van der Waals surface area contributed by atoms with Gasteiger partial charge in [0.25, 0.3) is 11.8 Å². The number of carbonyl (C=O) groups is 1. The van der Waals surface area contributed by atoms with Crippen LogP contribution >= 0.6 is 11.6 Å². The number of amides is 1. The summed E-state index contributed by atoms with van der Waals surface area (Å²) < 4.78 is 26.6. The van der Waals surface area contributed by atoms with Crippen molar-refractivity contribution in [2.24, 2.45) is 5.73 Å². The molecule has 1 fully saturated rings. The van der Waals surface area contributed by atoms with E-state index in [0.717, 1.165) is 5.56 Å². The number of nitrogens with two attached hydrogens (primary N) is 1. The molecule has 3 aromatic rings. The van der Waals surface area contributed by atoms with Crippen molar-refractivity contribution in [2.45, 2.75) is 18.5 Å². The van der Waals surface area contributed by atoms with Crippen molar-refractivity contribution in [3.8, 4) is 0 Å². The zero-order valence-electron chi connectivity index (χ0n) is 16.0. The van der Waals surface area contributed by atoms with Crippen molar-refractivity contribution in [1.29, 1.82) is 0 Å². The van der Waals surface area contributed by atoms with Crippen LogP contribution in [0.5, 0.6) is 0 Å². The zero-order valence-corrected chi connectivity index (χ0v) is 16.7. The number of rotatable bonds is 7. The number of likely N-dealkylation sites (tertiary alicyclic amines) is 1. The van der Waals surface area contributed by atoms with E-state index in [0.29, 0.717) is 40.3 Å². The summed E-state index contributed by atoms with van der Waals surface area (Å²) in [7, 11) is 0. The second-order valence-electron chi connectivity index (χ2n) is 7.40. The molecule has 0 radical (unpaired) electrons. The molecule has 0 aliphatic carbocycles. The highest BCUT2D eigenvalue weighted by Crippen LogP contribution is 2.29. The Labute approximate surface area is 177 Å². The average Bonchev–Trinajstić information content (AvgIpc) is 2.69. The maximum Gasteiger partial charge on any atom is 0.272 e. The summed E-state index contributed by atoms with van der Waals surface area (Å²) in [6.07, 6.45) is 1.39. The first-order valence-electron chi connectivity index (χ1n) is 9.44. The molecule has 3 N–H and O–H groups in total. The van der Waals surface area contributed by atoms with Crippen molar-refractivity contribution in [2.75, 3.05) is 19.6 Å². The number of para-hydroxylation sites is 1. The van der Waals surface area contributed by atoms with Gasteiger partial charge < -0.3 is 11.1 Å². The number of nitrogens with one attached hydrogen (secondary N) is 1. The van der Waals surface area contributed by atoms with E-state index in [9.17, 15) is 13.6 Å². The number of nitrogens with zero attached hydrogens (tertiary/aromatic N) is 3. The Morgan fingerprint density at radius 3 is 2.60 bits per heavy atom. The Hall–Kier alpha value is -2.68. The van der Waals surface area contributed by atoms with Gasteiger partial charge in [0.15, 0.2) is 0 Å². The minimum Gasteiger partial charge on any atom is -0.366 e. The van der Waals surface area contributed by atoms with E-state index in [1.54, 1.807) is 29.2 Å². The van der Waals surface area contributed by atoms with E-state index in [4.69, 9.17) is 17.3 Å². The van der Waals surface area contributed by atoms with Gasteiger partial charge in [0.1, 0.15) is 6.33 Å². The van der Waals surface area contributed by atoms with Gasteiger partial charge >= 0.3 is 0 Å². The molecule has 30 heavy (non-hydrogen) atoms. The third kappa shape index (κ3) is 4.40. The molecule has 6 nitrogen and oxygen atoms in total. The highest BCUT2D eigenvalue weighted by molar-refractivity contribution is 6.30. The van der Waals surface area contributed by atoms with Gasteiger partial charge in [-0.05, 0) is 23.8 Å². The Balaban J connectivity index is 1.57. The fourth-order valence-electron chi connectivity index (χ4n) is 3.68. The van der Waals surface area contributed by atoms with Crippen LogP contribution in [0.25, 0.3) is 10.9 Å². The standard InChI is InChI=1S/C21H20ClF2N5O/c22-14-6-4-13(5-7-14)18(9-29-10-21(23,24)11-29)26-8-17-15-2-1-3-16(20(25)30)19(15)28-12-27-17/h1-7,12,18,26H,8-11H2,(H2,25,30). The van der Waals surface area contributed by atoms with Gasteiger partial charge in [-0.3, -0.25) is 9.69 Å². The van der Waals surface area contributed by atoms with E-state index in [2.05, 4.69) is 15.3 Å². The molecule has 2 aromatic carbocycles. The summed E-state index contributed by atoms with van der Waals surface area (Å²) in [4.78, 5) is 21.9. The Bertz CT molecular complexity index is 1070. The molecule has 4 rings (SSSR count). The molecule has 1 unspecified atom stereocenters. The largest absolute Gasteiger partial charge is 0.366 e. The molecule has 156 valence electrons. The maximum atomic E-state index is 13.3. The van der Waals surface area contributed by atoms with Crippen LogP contribution in [0, 0.1) is 0 Å². The number of alkyl halides is 2. The van der Waals surface area contributed by atoms with E-state index in [1.807, 2.05) is 18.2 Å². The van der Waals surface area contributed by atoms with Crippen LogP contribution in [-0.2, 0) is 6.54 Å². The predicted octanol–water partition coefficient (Wildman–Crippen LogP) is 3.16. The average molecular weight is 432 g/mol. The first-order valence-corrected chi connectivity index (χ1v) is 9.82. The molecule has 1 saturated heterocycles. The van der Waals surface area contributed by atoms with Crippen molar-refractivity contribution in [3.05, 3.63) is 70.6 Å². The Morgan fingerprint density at radius 2 is 1.93 bits per heavy atom. The molecule has 0 bridgehead atoms. The summed E-state index contributed by atoms with van der Waals surface area (Å²) in [6.45, 7) is 0.278. The minimum absolute atomic E-state index is 0.206. The van der Waals surface area contributed by atoms with Crippen molar-refractivity contribution in [3.63, 3.8) is 0 Å². The van der Waals surface area contributed by atoms with Gasteiger partial charge in [-0.15, -0.1) is 0 Å². The first kappa shape index (κ1) is 20.6. The van der Waals surface area contributed by atoms with Gasteiger partial charge in [0.2, 0.25) is 0 Å². The smallest absolute Gasteiger partial charge is 0.272 e. The van der Waals surface area contributed by atoms with Gasteiger partial charge in [-0.25, -0.2) is 18.7 Å². The van der Waals surface area contributed by atoms with E-state index >= 15 is 0 Å². The molecular weight excluding hydrogens is 412 g/mol. The second kappa shape index (κ2) is 8.22. The molecule has 1 amide bonds. The lowest BCUT2D eigenvalue weighted by Gasteiger charge is -2.40. The fourth-order valence-corrected chi connectivity index (χ4v) is 3.81. The molecule has 0 spiro atoms. The third-order valence-electron chi connectivity index (χ3n) is 5.15. The van der Waals surface area contributed by atoms with Gasteiger partial charge in [0, 0.05) is 29.5 Å². The van der Waals surface area contributed by atoms with E-state index < -0.39 is 11.8 Å². The summed E-state index contributed by atoms with van der Waals surface area (Å²) in [5.74, 6) is -3.19. The van der Waals surface area contributed by atoms with Crippen LogP contribution in [-0.4, -0.2) is 46.3 Å². The van der Waals surface area contributed by atoms with Crippen molar-refractivity contribution < 1.29 is 13.6 Å². The topological polar surface area (TPSA) is 84.1 Å². The van der Waals surface area contributed by atoms with Gasteiger partial charge in [-0.1, -0.05) is 35.9 Å². The lowest BCUT2D eigenvalue weighted by atomic mass is 10.0. The number of hydrogen-bond donors (Lipinski definition) is 2. The first-order chi connectivity index (χ1) is 14.3. The van der Waals surface area contributed by atoms with Gasteiger partial charge in [-0.2, -0.15) is 0 Å². The van der Waals surface area contributed by atoms with Crippen LogP contribution in [0.1, 0.15) is 27.7 Å². The molecule has 0 saturated carbocycles. The third-order valence-corrected chi connectivity index (χ3v) is 5.40. The summed E-state index contributed by atoms with van der Waals surface area (Å²) in [5, 5.41) is 4.72. The van der Waals surface area contributed by atoms with Crippen molar-refractivity contribution >= 4 is 28.4 Å². The highest BCUT2D eigenvalue weighted by atomic mass is 35.5. The van der Waals surface area contributed by atoms with Crippen molar-refractivity contribution in [1.82, 2.24) is 20.2 Å². The molecule has 1 aliphatic rings. The summed E-state index contributed by atoms with van der Waals surface area (Å²) in [6, 6.07) is 12.3. The maximum absolute atomic E-state index is 13.3.